The van der Waals surface area contributed by atoms with E-state index in [0.717, 1.165) is 18.5 Å². The summed E-state index contributed by atoms with van der Waals surface area (Å²) < 4.78 is 5.38. The summed E-state index contributed by atoms with van der Waals surface area (Å²) in [4.78, 5) is 18.0. The Bertz CT molecular complexity index is 539. The molecule has 0 aliphatic carbocycles. The molecule has 1 aromatic rings. The quantitative estimate of drug-likeness (QED) is 0.732. The Morgan fingerprint density at radius 2 is 2.00 bits per heavy atom. The highest BCUT2D eigenvalue weighted by atomic mass is 35.5. The van der Waals surface area contributed by atoms with Crippen molar-refractivity contribution in [1.82, 2.24) is 9.88 Å². The van der Waals surface area contributed by atoms with Gasteiger partial charge in [-0.3, -0.25) is 0 Å². The largest absolute Gasteiger partial charge is 0.444 e. The topological polar surface area (TPSA) is 42.4 Å². The molecule has 1 aromatic heterocycles. The number of likely N-dealkylation sites (tertiary alicyclic amines) is 1. The fourth-order valence-electron chi connectivity index (χ4n) is 2.16. The average Bonchev–Trinajstić information content (AvgIpc) is 2.37. The van der Waals surface area contributed by atoms with E-state index in [2.05, 4.69) is 11.1 Å². The number of carbonyl (C=O) groups is 1. The lowest BCUT2D eigenvalue weighted by atomic mass is 10.0. The van der Waals surface area contributed by atoms with E-state index < -0.39 is 5.60 Å². The van der Waals surface area contributed by atoms with Crippen molar-refractivity contribution in [2.45, 2.75) is 39.2 Å². The molecule has 1 amide bonds. The van der Waals surface area contributed by atoms with E-state index in [4.69, 9.17) is 16.3 Å². The van der Waals surface area contributed by atoms with Crippen LogP contribution in [-0.4, -0.2) is 34.7 Å². The van der Waals surface area contributed by atoms with E-state index >= 15 is 0 Å². The van der Waals surface area contributed by atoms with E-state index in [-0.39, 0.29) is 6.09 Å². The summed E-state index contributed by atoms with van der Waals surface area (Å²) in [7, 11) is 0. The van der Waals surface area contributed by atoms with Crippen LogP contribution in [0, 0.1) is 0 Å². The van der Waals surface area contributed by atoms with E-state index in [1.165, 1.54) is 5.57 Å². The molecule has 21 heavy (non-hydrogen) atoms. The highest BCUT2D eigenvalue weighted by Gasteiger charge is 2.24. The minimum absolute atomic E-state index is 0.234. The van der Waals surface area contributed by atoms with E-state index in [0.29, 0.717) is 18.2 Å². The van der Waals surface area contributed by atoms with Crippen molar-refractivity contribution in [2.24, 2.45) is 0 Å². The third kappa shape index (κ3) is 5.05. The summed E-state index contributed by atoms with van der Waals surface area (Å²) in [6.07, 6.45) is 3.50. The third-order valence-corrected chi connectivity index (χ3v) is 3.36. The van der Waals surface area contributed by atoms with Gasteiger partial charge in [0, 0.05) is 13.1 Å². The van der Waals surface area contributed by atoms with Gasteiger partial charge < -0.3 is 9.64 Å². The molecule has 1 aliphatic heterocycles. The molecular formula is C16H21ClN2O2. The maximum Gasteiger partial charge on any atom is 0.410 e. The summed E-state index contributed by atoms with van der Waals surface area (Å²) >= 11 is 5.88. The molecule has 0 spiro atoms. The van der Waals surface area contributed by atoms with Crippen LogP contribution in [0.25, 0.3) is 6.08 Å². The normalized spacial score (nSPS) is 15.8. The second-order valence-electron chi connectivity index (χ2n) is 6.16. The number of nitrogens with zero attached hydrogens (tertiary/aromatic N) is 2. The van der Waals surface area contributed by atoms with Gasteiger partial charge in [-0.2, -0.15) is 0 Å². The zero-order chi connectivity index (χ0) is 15.5. The maximum atomic E-state index is 12.0. The predicted octanol–water partition coefficient (Wildman–Crippen LogP) is 4.15. The molecule has 1 saturated heterocycles. The third-order valence-electron chi connectivity index (χ3n) is 3.15. The molecule has 2 rings (SSSR count). The van der Waals surface area contributed by atoms with Gasteiger partial charge in [-0.05, 0) is 51.8 Å². The first-order valence-electron chi connectivity index (χ1n) is 7.13. The molecule has 1 fully saturated rings. The van der Waals surface area contributed by atoms with Gasteiger partial charge in [0.2, 0.25) is 0 Å². The number of amides is 1. The highest BCUT2D eigenvalue weighted by Crippen LogP contribution is 2.21. The van der Waals surface area contributed by atoms with Crippen LogP contribution in [0.3, 0.4) is 0 Å². The number of rotatable bonds is 1. The fraction of sp³-hybridized carbons (Fsp3) is 0.500. The van der Waals surface area contributed by atoms with Crippen molar-refractivity contribution in [3.63, 3.8) is 0 Å². The van der Waals surface area contributed by atoms with Crippen molar-refractivity contribution in [2.75, 3.05) is 13.1 Å². The second kappa shape index (κ2) is 6.48. The fourth-order valence-corrected chi connectivity index (χ4v) is 2.33. The van der Waals surface area contributed by atoms with Gasteiger partial charge in [0.1, 0.15) is 10.8 Å². The van der Waals surface area contributed by atoms with Crippen molar-refractivity contribution in [1.29, 1.82) is 0 Å². The van der Waals surface area contributed by atoms with Crippen LogP contribution in [0.5, 0.6) is 0 Å². The van der Waals surface area contributed by atoms with Crippen molar-refractivity contribution < 1.29 is 9.53 Å². The molecule has 0 saturated carbocycles. The molecule has 0 radical (unpaired) electrons. The Kier molecular flexibility index (Phi) is 4.88. The highest BCUT2D eigenvalue weighted by molar-refractivity contribution is 6.29. The van der Waals surface area contributed by atoms with E-state index in [1.807, 2.05) is 32.9 Å². The first-order valence-corrected chi connectivity index (χ1v) is 7.51. The van der Waals surface area contributed by atoms with Crippen LogP contribution < -0.4 is 0 Å². The molecule has 114 valence electrons. The number of hydrogen-bond acceptors (Lipinski definition) is 3. The standard InChI is InChI=1S/C16H21ClN2O2/c1-16(2,3)21-15(20)19-9-7-12(8-10-19)11-13-5-4-6-14(17)18-13/h4-6,11H,7-10H2,1-3H3. The smallest absolute Gasteiger partial charge is 0.410 e. The van der Waals surface area contributed by atoms with Crippen LogP contribution in [0.15, 0.2) is 23.8 Å². The van der Waals surface area contributed by atoms with Crippen molar-refractivity contribution in [3.8, 4) is 0 Å². The second-order valence-corrected chi connectivity index (χ2v) is 6.54. The number of aromatic nitrogens is 1. The van der Waals surface area contributed by atoms with Crippen LogP contribution in [0.2, 0.25) is 5.15 Å². The van der Waals surface area contributed by atoms with E-state index in [9.17, 15) is 4.79 Å². The Hall–Kier alpha value is -1.55. The molecular weight excluding hydrogens is 288 g/mol. The molecule has 0 aromatic carbocycles. The zero-order valence-electron chi connectivity index (χ0n) is 12.7. The van der Waals surface area contributed by atoms with Crippen molar-refractivity contribution in [3.05, 3.63) is 34.6 Å². The zero-order valence-corrected chi connectivity index (χ0v) is 13.5. The number of halogens is 1. The Morgan fingerprint density at radius 3 is 2.57 bits per heavy atom. The minimum Gasteiger partial charge on any atom is -0.444 e. The SMILES string of the molecule is CC(C)(C)OC(=O)N1CCC(=Cc2cccc(Cl)n2)CC1. The summed E-state index contributed by atoms with van der Waals surface area (Å²) in [5.41, 5.74) is 1.70. The van der Waals surface area contributed by atoms with Gasteiger partial charge in [0.05, 0.1) is 5.69 Å². The monoisotopic (exact) mass is 308 g/mol. The van der Waals surface area contributed by atoms with Gasteiger partial charge in [-0.25, -0.2) is 9.78 Å². The lowest BCUT2D eigenvalue weighted by Crippen LogP contribution is -2.40. The Morgan fingerprint density at radius 1 is 1.33 bits per heavy atom. The summed E-state index contributed by atoms with van der Waals surface area (Å²) in [5.74, 6) is 0. The number of piperidine rings is 1. The molecule has 2 heterocycles. The van der Waals surface area contributed by atoms with Gasteiger partial charge in [-0.1, -0.05) is 23.2 Å². The minimum atomic E-state index is -0.447. The van der Waals surface area contributed by atoms with Crippen LogP contribution >= 0.6 is 11.6 Å². The van der Waals surface area contributed by atoms with Crippen LogP contribution in [0.4, 0.5) is 4.79 Å². The number of ether oxygens (including phenoxy) is 1. The van der Waals surface area contributed by atoms with Crippen LogP contribution in [-0.2, 0) is 4.74 Å². The Labute approximate surface area is 130 Å². The van der Waals surface area contributed by atoms with Gasteiger partial charge in [0.25, 0.3) is 0 Å². The number of pyridine rings is 1. The molecule has 0 bridgehead atoms. The number of carbonyl (C=O) groups excluding carboxylic acids is 1. The molecule has 4 nitrogen and oxygen atoms in total. The van der Waals surface area contributed by atoms with Gasteiger partial charge >= 0.3 is 6.09 Å². The summed E-state index contributed by atoms with van der Waals surface area (Å²) in [5, 5.41) is 0.496. The molecule has 1 aliphatic rings. The van der Waals surface area contributed by atoms with Crippen molar-refractivity contribution >= 4 is 23.8 Å². The summed E-state index contributed by atoms with van der Waals surface area (Å²) in [6, 6.07) is 5.57. The maximum absolute atomic E-state index is 12.0. The summed E-state index contributed by atoms with van der Waals surface area (Å²) in [6.45, 7) is 7.00. The van der Waals surface area contributed by atoms with Gasteiger partial charge in [0.15, 0.2) is 0 Å². The first kappa shape index (κ1) is 15.8. The predicted molar refractivity (Wildman–Crippen MR) is 84.3 cm³/mol. The molecule has 0 N–H and O–H groups in total. The lowest BCUT2D eigenvalue weighted by Gasteiger charge is -2.31. The van der Waals surface area contributed by atoms with Crippen LogP contribution in [0.1, 0.15) is 39.3 Å². The first-order chi connectivity index (χ1) is 9.83. The molecule has 0 atom stereocenters. The Balaban J connectivity index is 1.93. The van der Waals surface area contributed by atoms with Gasteiger partial charge in [-0.15, -0.1) is 0 Å². The van der Waals surface area contributed by atoms with E-state index in [1.54, 1.807) is 11.0 Å². The molecule has 5 heteroatoms. The average molecular weight is 309 g/mol. The lowest BCUT2D eigenvalue weighted by molar-refractivity contribution is 0.0237. The molecule has 0 unspecified atom stereocenters. The number of hydrogen-bond donors (Lipinski definition) is 0.